The van der Waals surface area contributed by atoms with Crippen LogP contribution in [0.1, 0.15) is 17.0 Å². The van der Waals surface area contributed by atoms with Gasteiger partial charge in [-0.1, -0.05) is 27.5 Å². The molecule has 2 aromatic rings. The van der Waals surface area contributed by atoms with Gasteiger partial charge < -0.3 is 14.6 Å². The number of benzene rings is 1. The standard InChI is InChI=1S/C16H18BrClN2O2/c1-10-6-12(17)7-14(18)16(10)22-9-15(21)19-8-13-5-4-11(2)20(13)3/h4-7H,8-9H2,1-3H3,(H,19,21). The van der Waals surface area contributed by atoms with Gasteiger partial charge in [0, 0.05) is 22.9 Å². The highest BCUT2D eigenvalue weighted by Gasteiger charge is 2.10. The van der Waals surface area contributed by atoms with E-state index in [0.29, 0.717) is 17.3 Å². The first kappa shape index (κ1) is 16.9. The van der Waals surface area contributed by atoms with Gasteiger partial charge in [-0.15, -0.1) is 0 Å². The first-order chi connectivity index (χ1) is 10.4. The predicted octanol–water partition coefficient (Wildman–Crippen LogP) is 3.75. The molecule has 0 fully saturated rings. The number of carbonyl (C=O) groups excluding carboxylic acids is 1. The maximum absolute atomic E-state index is 11.9. The Labute approximate surface area is 143 Å². The van der Waals surface area contributed by atoms with E-state index in [-0.39, 0.29) is 12.5 Å². The van der Waals surface area contributed by atoms with Crippen LogP contribution in [0.25, 0.3) is 0 Å². The maximum atomic E-state index is 11.9. The van der Waals surface area contributed by atoms with Gasteiger partial charge in [-0.25, -0.2) is 0 Å². The highest BCUT2D eigenvalue weighted by atomic mass is 79.9. The van der Waals surface area contributed by atoms with Crippen molar-refractivity contribution in [3.05, 3.63) is 50.7 Å². The summed E-state index contributed by atoms with van der Waals surface area (Å²) >= 11 is 9.49. The second-order valence-corrected chi connectivity index (χ2v) is 6.45. The molecule has 0 unspecified atom stereocenters. The number of ether oxygens (including phenoxy) is 1. The number of nitrogens with one attached hydrogen (secondary N) is 1. The van der Waals surface area contributed by atoms with Crippen LogP contribution in [0.5, 0.6) is 5.75 Å². The Balaban J connectivity index is 1.90. The van der Waals surface area contributed by atoms with Crippen molar-refractivity contribution in [2.45, 2.75) is 20.4 Å². The fourth-order valence-electron chi connectivity index (χ4n) is 2.09. The molecule has 0 spiro atoms. The van der Waals surface area contributed by atoms with Crippen molar-refractivity contribution in [1.82, 2.24) is 9.88 Å². The Morgan fingerprint density at radius 2 is 2.09 bits per heavy atom. The van der Waals surface area contributed by atoms with E-state index >= 15 is 0 Å². The van der Waals surface area contributed by atoms with Gasteiger partial charge >= 0.3 is 0 Å². The fraction of sp³-hybridized carbons (Fsp3) is 0.312. The molecule has 0 aliphatic heterocycles. The molecule has 0 saturated carbocycles. The number of nitrogens with zero attached hydrogens (tertiary/aromatic N) is 1. The number of halogens is 2. The van der Waals surface area contributed by atoms with E-state index in [4.69, 9.17) is 16.3 Å². The van der Waals surface area contributed by atoms with Gasteiger partial charge in [0.05, 0.1) is 11.6 Å². The Morgan fingerprint density at radius 1 is 1.36 bits per heavy atom. The van der Waals surface area contributed by atoms with E-state index in [1.807, 2.05) is 43.7 Å². The molecule has 2 rings (SSSR count). The number of hydrogen-bond donors (Lipinski definition) is 1. The van der Waals surface area contributed by atoms with Gasteiger partial charge in [0.25, 0.3) is 5.91 Å². The van der Waals surface area contributed by atoms with Gasteiger partial charge in [0.15, 0.2) is 6.61 Å². The molecule has 0 bridgehead atoms. The smallest absolute Gasteiger partial charge is 0.258 e. The Hall–Kier alpha value is -1.46. The summed E-state index contributed by atoms with van der Waals surface area (Å²) in [4.78, 5) is 11.9. The zero-order valence-corrected chi connectivity index (χ0v) is 15.1. The number of hydrogen-bond acceptors (Lipinski definition) is 2. The van der Waals surface area contributed by atoms with Crippen molar-refractivity contribution in [3.8, 4) is 5.75 Å². The van der Waals surface area contributed by atoms with E-state index in [1.165, 1.54) is 0 Å². The van der Waals surface area contributed by atoms with Crippen LogP contribution in [0.15, 0.2) is 28.7 Å². The zero-order chi connectivity index (χ0) is 16.3. The number of amides is 1. The highest BCUT2D eigenvalue weighted by Crippen LogP contribution is 2.31. The first-order valence-electron chi connectivity index (χ1n) is 6.85. The number of aromatic nitrogens is 1. The van der Waals surface area contributed by atoms with Crippen molar-refractivity contribution in [1.29, 1.82) is 0 Å². The van der Waals surface area contributed by atoms with Crippen molar-refractivity contribution >= 4 is 33.4 Å². The topological polar surface area (TPSA) is 43.3 Å². The molecule has 6 heteroatoms. The third-order valence-electron chi connectivity index (χ3n) is 3.49. The van der Waals surface area contributed by atoms with E-state index in [1.54, 1.807) is 6.07 Å². The quantitative estimate of drug-likeness (QED) is 0.852. The van der Waals surface area contributed by atoms with Crippen molar-refractivity contribution in [3.63, 3.8) is 0 Å². The fourth-order valence-corrected chi connectivity index (χ4v) is 3.12. The molecular formula is C16H18BrClN2O2. The van der Waals surface area contributed by atoms with Gasteiger partial charge in [-0.2, -0.15) is 0 Å². The molecule has 1 N–H and O–H groups in total. The summed E-state index contributed by atoms with van der Waals surface area (Å²) in [6.07, 6.45) is 0. The Morgan fingerprint density at radius 3 is 2.68 bits per heavy atom. The summed E-state index contributed by atoms with van der Waals surface area (Å²) in [5, 5.41) is 3.32. The van der Waals surface area contributed by atoms with E-state index in [0.717, 1.165) is 21.4 Å². The molecule has 0 atom stereocenters. The lowest BCUT2D eigenvalue weighted by Crippen LogP contribution is -2.29. The van der Waals surface area contributed by atoms with Crippen LogP contribution in [0.2, 0.25) is 5.02 Å². The molecule has 1 aromatic carbocycles. The average molecular weight is 386 g/mol. The number of aryl methyl sites for hydroxylation is 2. The summed E-state index contributed by atoms with van der Waals surface area (Å²) in [6, 6.07) is 7.65. The molecule has 4 nitrogen and oxygen atoms in total. The minimum atomic E-state index is -0.183. The molecule has 1 amide bonds. The zero-order valence-electron chi connectivity index (χ0n) is 12.7. The van der Waals surface area contributed by atoms with Gasteiger partial charge in [-0.05, 0) is 43.7 Å². The normalized spacial score (nSPS) is 10.6. The van der Waals surface area contributed by atoms with Crippen molar-refractivity contribution in [2.75, 3.05) is 6.61 Å². The first-order valence-corrected chi connectivity index (χ1v) is 8.02. The van der Waals surface area contributed by atoms with Crippen LogP contribution >= 0.6 is 27.5 Å². The summed E-state index contributed by atoms with van der Waals surface area (Å²) in [5.74, 6) is 0.354. The number of carbonyl (C=O) groups is 1. The highest BCUT2D eigenvalue weighted by molar-refractivity contribution is 9.10. The second-order valence-electron chi connectivity index (χ2n) is 5.12. The monoisotopic (exact) mass is 384 g/mol. The molecule has 1 aromatic heterocycles. The molecule has 22 heavy (non-hydrogen) atoms. The predicted molar refractivity (Wildman–Crippen MR) is 91.4 cm³/mol. The molecule has 118 valence electrons. The molecular weight excluding hydrogens is 368 g/mol. The second kappa shape index (κ2) is 7.20. The third kappa shape index (κ3) is 4.05. The van der Waals surface area contributed by atoms with Gasteiger partial charge in [-0.3, -0.25) is 4.79 Å². The summed E-state index contributed by atoms with van der Waals surface area (Å²) in [6.45, 7) is 4.31. The van der Waals surface area contributed by atoms with E-state index in [2.05, 4.69) is 21.2 Å². The van der Waals surface area contributed by atoms with E-state index in [9.17, 15) is 4.79 Å². The molecule has 0 radical (unpaired) electrons. The van der Waals surface area contributed by atoms with E-state index < -0.39 is 0 Å². The van der Waals surface area contributed by atoms with Crippen LogP contribution in [0.3, 0.4) is 0 Å². The van der Waals surface area contributed by atoms with Crippen molar-refractivity contribution in [2.24, 2.45) is 7.05 Å². The lowest BCUT2D eigenvalue weighted by Gasteiger charge is -2.12. The van der Waals surface area contributed by atoms with Gasteiger partial charge in [0.1, 0.15) is 5.75 Å². The maximum Gasteiger partial charge on any atom is 0.258 e. The lowest BCUT2D eigenvalue weighted by molar-refractivity contribution is -0.123. The SMILES string of the molecule is Cc1cc(Br)cc(Cl)c1OCC(=O)NCc1ccc(C)n1C. The Kier molecular flexibility index (Phi) is 5.53. The molecule has 0 aliphatic rings. The summed E-state index contributed by atoms with van der Waals surface area (Å²) < 4.78 is 8.46. The molecule has 0 saturated heterocycles. The van der Waals surface area contributed by atoms with Crippen LogP contribution in [-0.4, -0.2) is 17.1 Å². The van der Waals surface area contributed by atoms with Crippen LogP contribution in [0, 0.1) is 13.8 Å². The lowest BCUT2D eigenvalue weighted by atomic mass is 10.2. The largest absolute Gasteiger partial charge is 0.482 e. The minimum Gasteiger partial charge on any atom is -0.482 e. The average Bonchev–Trinajstić information content (AvgIpc) is 2.75. The molecule has 0 aliphatic carbocycles. The molecule has 1 heterocycles. The summed E-state index contributed by atoms with van der Waals surface area (Å²) in [7, 11) is 1.97. The Bertz CT molecular complexity index is 674. The van der Waals surface area contributed by atoms with Crippen LogP contribution in [-0.2, 0) is 18.4 Å². The third-order valence-corrected chi connectivity index (χ3v) is 4.22. The van der Waals surface area contributed by atoms with Gasteiger partial charge in [0.2, 0.25) is 0 Å². The van der Waals surface area contributed by atoms with Crippen LogP contribution < -0.4 is 10.1 Å². The summed E-state index contributed by atoms with van der Waals surface area (Å²) in [5.41, 5.74) is 3.08. The van der Waals surface area contributed by atoms with Crippen LogP contribution in [0.4, 0.5) is 0 Å². The minimum absolute atomic E-state index is 0.0639. The number of rotatable bonds is 5. The van der Waals surface area contributed by atoms with Crippen molar-refractivity contribution < 1.29 is 9.53 Å².